The Morgan fingerprint density at radius 1 is 1.21 bits per heavy atom. The van der Waals surface area contributed by atoms with Gasteiger partial charge in [-0.3, -0.25) is 0 Å². The monoisotopic (exact) mass is 514 g/mol. The van der Waals surface area contributed by atoms with Crippen LogP contribution in [0.4, 0.5) is 23.2 Å². The number of fused-ring (bicyclic) bond motifs is 1. The highest BCUT2D eigenvalue weighted by Crippen LogP contribution is 2.59. The molecule has 2 unspecified atom stereocenters. The zero-order valence-electron chi connectivity index (χ0n) is 17.8. The molecule has 1 saturated carbocycles. The molecular weight excluding hydrogens is 492 g/mol. The van der Waals surface area contributed by atoms with Crippen LogP contribution in [0.25, 0.3) is 0 Å². The number of hydrogen-bond acceptors (Lipinski definition) is 6. The Bertz CT molecular complexity index is 1200. The summed E-state index contributed by atoms with van der Waals surface area (Å²) >= 11 is 1.39. The van der Waals surface area contributed by atoms with Gasteiger partial charge in [0.2, 0.25) is 10.0 Å². The number of alkyl halides is 2. The lowest BCUT2D eigenvalue weighted by atomic mass is 10.1. The molecule has 12 heteroatoms. The first-order valence-electron chi connectivity index (χ1n) is 10.5. The summed E-state index contributed by atoms with van der Waals surface area (Å²) in [5.41, 5.74) is -0.377. The highest BCUT2D eigenvalue weighted by molar-refractivity contribution is 7.99. The minimum Gasteiger partial charge on any atom is -0.378 e. The molecule has 2 aromatic rings. The second-order valence-electron chi connectivity index (χ2n) is 8.53. The van der Waals surface area contributed by atoms with Crippen LogP contribution in [0.1, 0.15) is 12.0 Å². The molecule has 1 heterocycles. The number of benzene rings is 2. The smallest absolute Gasteiger partial charge is 0.257 e. The maximum Gasteiger partial charge on any atom is 0.257 e. The fourth-order valence-electron chi connectivity index (χ4n) is 4.22. The molecule has 2 aromatic carbocycles. The van der Waals surface area contributed by atoms with Gasteiger partial charge in [0.1, 0.15) is 17.7 Å². The normalized spacial score (nSPS) is 22.1. The van der Waals surface area contributed by atoms with Crippen LogP contribution in [0.5, 0.6) is 0 Å². The van der Waals surface area contributed by atoms with Crippen molar-refractivity contribution < 1.29 is 26.0 Å². The number of rotatable bonds is 9. The lowest BCUT2D eigenvalue weighted by molar-refractivity contribution is 0.0531. The summed E-state index contributed by atoms with van der Waals surface area (Å²) in [6.45, 7) is 1.09. The average molecular weight is 515 g/mol. The molecule has 2 fully saturated rings. The second-order valence-corrected chi connectivity index (χ2v) is 11.2. The van der Waals surface area contributed by atoms with Crippen molar-refractivity contribution in [2.45, 2.75) is 28.2 Å². The van der Waals surface area contributed by atoms with Crippen LogP contribution in [0.3, 0.4) is 0 Å². The second kappa shape index (κ2) is 9.37. The summed E-state index contributed by atoms with van der Waals surface area (Å²) in [6.07, 6.45) is 0.459. The number of likely N-dealkylation sites (tertiary alicyclic amines) is 1. The molecule has 0 spiro atoms. The molecule has 3 atom stereocenters. The van der Waals surface area contributed by atoms with Crippen molar-refractivity contribution in [3.63, 3.8) is 0 Å². The van der Waals surface area contributed by atoms with E-state index in [4.69, 9.17) is 5.14 Å². The molecule has 4 rings (SSSR count). The van der Waals surface area contributed by atoms with Gasteiger partial charge < -0.3 is 10.2 Å². The number of thioether (sulfide) groups is 1. The molecule has 1 aliphatic heterocycles. The summed E-state index contributed by atoms with van der Waals surface area (Å²) < 4.78 is 78.2. The van der Waals surface area contributed by atoms with E-state index in [1.54, 1.807) is 18.2 Å². The Kier molecular flexibility index (Phi) is 6.83. The lowest BCUT2D eigenvalue weighted by Gasteiger charge is -2.25. The van der Waals surface area contributed by atoms with Crippen molar-refractivity contribution in [1.82, 2.24) is 4.90 Å². The van der Waals surface area contributed by atoms with Gasteiger partial charge in [-0.05, 0) is 42.8 Å². The van der Waals surface area contributed by atoms with E-state index in [9.17, 15) is 31.2 Å². The van der Waals surface area contributed by atoms with Crippen molar-refractivity contribution in [2.75, 3.05) is 30.7 Å². The van der Waals surface area contributed by atoms with E-state index in [-0.39, 0.29) is 17.1 Å². The van der Waals surface area contributed by atoms with Gasteiger partial charge in [0.05, 0.1) is 16.1 Å². The third-order valence-electron chi connectivity index (χ3n) is 6.19. The first-order valence-corrected chi connectivity index (χ1v) is 13.0. The van der Waals surface area contributed by atoms with E-state index in [1.165, 1.54) is 23.9 Å². The number of halogens is 4. The van der Waals surface area contributed by atoms with Crippen LogP contribution in [0.15, 0.2) is 46.2 Å². The summed E-state index contributed by atoms with van der Waals surface area (Å²) in [7, 11) is -4.21. The van der Waals surface area contributed by atoms with Gasteiger partial charge in [-0.2, -0.15) is 5.26 Å². The molecule has 2 aliphatic rings. The third-order valence-corrected chi connectivity index (χ3v) is 8.26. The molecule has 34 heavy (non-hydrogen) atoms. The summed E-state index contributed by atoms with van der Waals surface area (Å²) in [5.74, 6) is -4.71. The number of nitrogens with zero attached hydrogens (tertiary/aromatic N) is 2. The predicted molar refractivity (Wildman–Crippen MR) is 120 cm³/mol. The maximum atomic E-state index is 14.8. The summed E-state index contributed by atoms with van der Waals surface area (Å²) in [5, 5.41) is 17.5. The van der Waals surface area contributed by atoms with Gasteiger partial charge in [-0.1, -0.05) is 0 Å². The molecule has 1 saturated heterocycles. The number of anilines is 1. The number of nitrogens with two attached hydrogens (primary N) is 1. The first-order chi connectivity index (χ1) is 16.0. The Balaban J connectivity index is 1.49. The quantitative estimate of drug-likeness (QED) is 0.392. The fourth-order valence-corrected chi connectivity index (χ4v) is 5.74. The van der Waals surface area contributed by atoms with Crippen LogP contribution < -0.4 is 10.5 Å². The summed E-state index contributed by atoms with van der Waals surface area (Å²) in [4.78, 5) is 2.21. The minimum atomic E-state index is -4.21. The Hall–Kier alpha value is -2.33. The number of piperidine rings is 1. The molecule has 1 aliphatic carbocycles. The number of primary sulfonamides is 1. The van der Waals surface area contributed by atoms with Gasteiger partial charge in [0.15, 0.2) is 0 Å². The van der Waals surface area contributed by atoms with Crippen LogP contribution >= 0.6 is 11.8 Å². The maximum absolute atomic E-state index is 14.8. The predicted octanol–water partition coefficient (Wildman–Crippen LogP) is 3.64. The molecule has 0 bridgehead atoms. The number of nitrogens with one attached hydrogen (secondary N) is 1. The van der Waals surface area contributed by atoms with E-state index < -0.39 is 44.5 Å². The molecule has 0 aromatic heterocycles. The van der Waals surface area contributed by atoms with Gasteiger partial charge in [0, 0.05) is 48.2 Å². The molecular formula is C22H22F4N4O2S2. The highest BCUT2D eigenvalue weighted by atomic mass is 32.2. The summed E-state index contributed by atoms with van der Waals surface area (Å²) in [6, 6.07) is 9.00. The van der Waals surface area contributed by atoms with Gasteiger partial charge in [0.25, 0.3) is 5.92 Å². The zero-order chi connectivity index (χ0) is 24.7. The largest absolute Gasteiger partial charge is 0.378 e. The molecule has 0 amide bonds. The molecule has 3 N–H and O–H groups in total. The van der Waals surface area contributed by atoms with Crippen molar-refractivity contribution in [2.24, 2.45) is 17.0 Å². The first kappa shape index (κ1) is 24.8. The fraction of sp³-hybridized carbons (Fsp3) is 0.409. The van der Waals surface area contributed by atoms with E-state index in [2.05, 4.69) is 5.32 Å². The van der Waals surface area contributed by atoms with Gasteiger partial charge >= 0.3 is 0 Å². The van der Waals surface area contributed by atoms with Crippen LogP contribution in [0.2, 0.25) is 0 Å². The molecule has 0 radical (unpaired) electrons. The molecule has 182 valence electrons. The Morgan fingerprint density at radius 3 is 2.44 bits per heavy atom. The van der Waals surface area contributed by atoms with Crippen molar-refractivity contribution in [1.29, 1.82) is 5.26 Å². The Labute approximate surface area is 199 Å². The zero-order valence-corrected chi connectivity index (χ0v) is 19.5. The van der Waals surface area contributed by atoms with E-state index >= 15 is 0 Å². The van der Waals surface area contributed by atoms with Gasteiger partial charge in [-0.25, -0.2) is 31.1 Å². The topological polar surface area (TPSA) is 99.2 Å². The van der Waals surface area contributed by atoms with E-state index in [0.717, 1.165) is 17.0 Å². The van der Waals surface area contributed by atoms with Crippen LogP contribution in [0, 0.1) is 34.8 Å². The number of sulfonamides is 1. The number of hydrogen-bond donors (Lipinski definition) is 2. The standard InChI is InChI=1S/C22H22F4N4O2S2/c23-14-1-3-16(4-2-14)33-12-15(5-6-30-10-18-19(11-30)22(18,25)26)29-21-13(9-27)7-17(8-20(21)24)34(28,31)32/h1-4,7-8,15,18-19,29H,5-6,10-12H2,(H2,28,31,32)/t15-,18?,19?/m1/s1. The highest BCUT2D eigenvalue weighted by Gasteiger charge is 2.71. The van der Waals surface area contributed by atoms with Crippen molar-refractivity contribution in [3.05, 3.63) is 53.6 Å². The third kappa shape index (κ3) is 5.33. The lowest BCUT2D eigenvalue weighted by Crippen LogP contribution is -2.33. The van der Waals surface area contributed by atoms with Crippen LogP contribution in [-0.2, 0) is 10.0 Å². The van der Waals surface area contributed by atoms with Crippen molar-refractivity contribution in [3.8, 4) is 6.07 Å². The van der Waals surface area contributed by atoms with Crippen LogP contribution in [-0.4, -0.2) is 50.7 Å². The number of nitriles is 1. The minimum absolute atomic E-state index is 0.157. The average Bonchev–Trinajstić information content (AvgIpc) is 3.10. The van der Waals surface area contributed by atoms with E-state index in [1.807, 2.05) is 4.90 Å². The Morgan fingerprint density at radius 2 is 1.85 bits per heavy atom. The molecule has 6 nitrogen and oxygen atoms in total. The van der Waals surface area contributed by atoms with Gasteiger partial charge in [-0.15, -0.1) is 11.8 Å². The SMILES string of the molecule is N#Cc1cc(S(N)(=O)=O)cc(F)c1N[C@H](CCN1CC2C(C1)C2(F)F)CSc1ccc(F)cc1. The van der Waals surface area contributed by atoms with E-state index in [0.29, 0.717) is 31.8 Å². The van der Waals surface area contributed by atoms with Crippen molar-refractivity contribution >= 4 is 27.5 Å².